The van der Waals surface area contributed by atoms with E-state index in [1.165, 1.54) is 6.08 Å². The molecule has 0 unspecified atom stereocenters. The molecule has 3 N–H and O–H groups in total. The SMILES string of the molecule is C=CCOC(=O)[C@H](CO)NNC(=O)OCC1c2ccccc2-c2ccccc21. The predicted molar refractivity (Wildman–Crippen MR) is 103 cm³/mol. The number of esters is 1. The van der Waals surface area contributed by atoms with Gasteiger partial charge >= 0.3 is 12.1 Å². The van der Waals surface area contributed by atoms with Gasteiger partial charge in [-0.15, -0.1) is 0 Å². The van der Waals surface area contributed by atoms with Crippen LogP contribution in [0.15, 0.2) is 61.2 Å². The van der Waals surface area contributed by atoms with Gasteiger partial charge in [-0.2, -0.15) is 0 Å². The zero-order valence-electron chi connectivity index (χ0n) is 15.3. The molecule has 0 radical (unpaired) electrons. The van der Waals surface area contributed by atoms with Gasteiger partial charge in [-0.05, 0) is 22.3 Å². The summed E-state index contributed by atoms with van der Waals surface area (Å²) in [6, 6.07) is 14.9. The third-order valence-electron chi connectivity index (χ3n) is 4.50. The maximum absolute atomic E-state index is 12.0. The van der Waals surface area contributed by atoms with E-state index in [0.29, 0.717) is 0 Å². The molecule has 0 aliphatic heterocycles. The van der Waals surface area contributed by atoms with Crippen molar-refractivity contribution >= 4 is 12.1 Å². The van der Waals surface area contributed by atoms with Gasteiger partial charge in [0, 0.05) is 5.92 Å². The molecule has 7 nitrogen and oxygen atoms in total. The van der Waals surface area contributed by atoms with E-state index in [4.69, 9.17) is 9.47 Å². The number of benzene rings is 2. The van der Waals surface area contributed by atoms with E-state index in [2.05, 4.69) is 29.6 Å². The summed E-state index contributed by atoms with van der Waals surface area (Å²) >= 11 is 0. The molecule has 1 amide bonds. The second-order valence-corrected chi connectivity index (χ2v) is 6.25. The molecule has 1 aliphatic rings. The number of hydrogen-bond donors (Lipinski definition) is 3. The molecule has 146 valence electrons. The average Bonchev–Trinajstić information content (AvgIpc) is 3.05. The topological polar surface area (TPSA) is 96.9 Å². The molecule has 0 aromatic heterocycles. The van der Waals surface area contributed by atoms with Crippen molar-refractivity contribution in [1.82, 2.24) is 10.9 Å². The first-order valence-electron chi connectivity index (χ1n) is 8.90. The van der Waals surface area contributed by atoms with E-state index in [1.54, 1.807) is 0 Å². The number of amides is 1. The Hall–Kier alpha value is -3.16. The molecule has 0 saturated carbocycles. The first kappa shape index (κ1) is 19.6. The van der Waals surface area contributed by atoms with Crippen molar-refractivity contribution in [3.8, 4) is 11.1 Å². The maximum Gasteiger partial charge on any atom is 0.421 e. The first-order valence-corrected chi connectivity index (χ1v) is 8.90. The van der Waals surface area contributed by atoms with E-state index in [9.17, 15) is 14.7 Å². The Bertz CT molecular complexity index is 822. The highest BCUT2D eigenvalue weighted by molar-refractivity contribution is 5.79. The van der Waals surface area contributed by atoms with Crippen molar-refractivity contribution < 1.29 is 24.2 Å². The van der Waals surface area contributed by atoms with Gasteiger partial charge in [-0.1, -0.05) is 61.2 Å². The van der Waals surface area contributed by atoms with Crippen molar-refractivity contribution in [3.63, 3.8) is 0 Å². The van der Waals surface area contributed by atoms with Crippen LogP contribution in [0.4, 0.5) is 4.79 Å². The number of carbonyl (C=O) groups is 2. The molecule has 0 saturated heterocycles. The minimum absolute atomic E-state index is 0.0158. The second kappa shape index (κ2) is 9.16. The zero-order valence-corrected chi connectivity index (χ0v) is 15.3. The quantitative estimate of drug-likeness (QED) is 0.368. The lowest BCUT2D eigenvalue weighted by Crippen LogP contribution is -2.50. The highest BCUT2D eigenvalue weighted by atomic mass is 16.6. The molecule has 2 aromatic carbocycles. The summed E-state index contributed by atoms with van der Waals surface area (Å²) in [6.45, 7) is 3.06. The van der Waals surface area contributed by atoms with Crippen LogP contribution in [0.2, 0.25) is 0 Å². The highest BCUT2D eigenvalue weighted by Crippen LogP contribution is 2.44. The fraction of sp³-hybridized carbons (Fsp3) is 0.238. The summed E-state index contributed by atoms with van der Waals surface area (Å²) in [7, 11) is 0. The van der Waals surface area contributed by atoms with Crippen LogP contribution in [-0.2, 0) is 14.3 Å². The van der Waals surface area contributed by atoms with E-state index in [-0.39, 0.29) is 19.1 Å². The molecule has 2 aromatic rings. The molecule has 0 fully saturated rings. The zero-order chi connectivity index (χ0) is 19.9. The van der Waals surface area contributed by atoms with Gasteiger partial charge in [0.1, 0.15) is 19.3 Å². The minimum atomic E-state index is -1.10. The number of aliphatic hydroxyl groups is 1. The summed E-state index contributed by atoms with van der Waals surface area (Å²) in [5, 5.41) is 9.25. The number of aliphatic hydroxyl groups excluding tert-OH is 1. The Morgan fingerprint density at radius 1 is 1.07 bits per heavy atom. The number of carbonyl (C=O) groups excluding carboxylic acids is 2. The number of nitrogens with one attached hydrogen (secondary N) is 2. The van der Waals surface area contributed by atoms with Gasteiger partial charge in [-0.3, -0.25) is 10.2 Å². The van der Waals surface area contributed by atoms with Crippen LogP contribution in [0, 0.1) is 0 Å². The predicted octanol–water partition coefficient (Wildman–Crippen LogP) is 2.12. The third-order valence-corrected chi connectivity index (χ3v) is 4.50. The Kier molecular flexibility index (Phi) is 6.41. The second-order valence-electron chi connectivity index (χ2n) is 6.25. The molecule has 3 rings (SSSR count). The lowest BCUT2D eigenvalue weighted by Gasteiger charge is -2.17. The average molecular weight is 382 g/mol. The van der Waals surface area contributed by atoms with Crippen LogP contribution < -0.4 is 10.9 Å². The molecule has 0 heterocycles. The summed E-state index contributed by atoms with van der Waals surface area (Å²) in [4.78, 5) is 23.7. The lowest BCUT2D eigenvalue weighted by molar-refractivity contribution is -0.146. The van der Waals surface area contributed by atoms with Crippen molar-refractivity contribution in [1.29, 1.82) is 0 Å². The van der Waals surface area contributed by atoms with Crippen LogP contribution in [0.25, 0.3) is 11.1 Å². The Morgan fingerprint density at radius 3 is 2.25 bits per heavy atom. The van der Waals surface area contributed by atoms with Crippen LogP contribution in [-0.4, -0.2) is 43.0 Å². The molecule has 7 heteroatoms. The van der Waals surface area contributed by atoms with Crippen molar-refractivity contribution in [3.05, 3.63) is 72.3 Å². The molecule has 28 heavy (non-hydrogen) atoms. The number of hydrazine groups is 1. The maximum atomic E-state index is 12.0. The summed E-state index contributed by atoms with van der Waals surface area (Å²) in [5.74, 6) is -0.773. The van der Waals surface area contributed by atoms with Gasteiger partial charge in [0.05, 0.1) is 6.61 Å². The Morgan fingerprint density at radius 2 is 1.68 bits per heavy atom. The van der Waals surface area contributed by atoms with Crippen molar-refractivity contribution in [2.75, 3.05) is 19.8 Å². The number of rotatable bonds is 8. The van der Waals surface area contributed by atoms with Crippen molar-refractivity contribution in [2.24, 2.45) is 0 Å². The summed E-state index contributed by atoms with van der Waals surface area (Å²) in [5.41, 5.74) is 9.15. The smallest absolute Gasteiger partial charge is 0.421 e. The fourth-order valence-corrected chi connectivity index (χ4v) is 3.20. The van der Waals surface area contributed by atoms with Gasteiger partial charge in [0.2, 0.25) is 0 Å². The summed E-state index contributed by atoms with van der Waals surface area (Å²) < 4.78 is 10.2. The third kappa shape index (κ3) is 4.21. The summed E-state index contributed by atoms with van der Waals surface area (Å²) in [6.07, 6.45) is 0.655. The number of ether oxygens (including phenoxy) is 2. The number of hydrogen-bond acceptors (Lipinski definition) is 6. The first-order chi connectivity index (χ1) is 13.7. The Labute approximate surface area is 162 Å². The van der Waals surface area contributed by atoms with Crippen LogP contribution in [0.5, 0.6) is 0 Å². The van der Waals surface area contributed by atoms with Crippen molar-refractivity contribution in [2.45, 2.75) is 12.0 Å². The standard InChI is InChI=1S/C21H22N2O5/c1-2-11-27-20(25)19(12-24)22-23-21(26)28-13-18-16-9-5-3-7-14(16)15-8-4-6-10-17(15)18/h2-10,18-19,22,24H,1,11-13H2,(H,23,26)/t19-/m0/s1. The van der Waals surface area contributed by atoms with Gasteiger partial charge in [0.15, 0.2) is 0 Å². The normalized spacial score (nSPS) is 13.2. The molecule has 1 aliphatic carbocycles. The van der Waals surface area contributed by atoms with Crippen LogP contribution in [0.3, 0.4) is 0 Å². The van der Waals surface area contributed by atoms with E-state index in [1.807, 2.05) is 36.4 Å². The molecule has 1 atom stereocenters. The molecule has 0 bridgehead atoms. The van der Waals surface area contributed by atoms with E-state index < -0.39 is 24.7 Å². The van der Waals surface area contributed by atoms with Crippen LogP contribution in [0.1, 0.15) is 17.0 Å². The van der Waals surface area contributed by atoms with Crippen LogP contribution >= 0.6 is 0 Å². The van der Waals surface area contributed by atoms with Gasteiger partial charge < -0.3 is 14.6 Å². The molecular weight excluding hydrogens is 360 g/mol. The van der Waals surface area contributed by atoms with E-state index >= 15 is 0 Å². The minimum Gasteiger partial charge on any atom is -0.460 e. The van der Waals surface area contributed by atoms with Gasteiger partial charge in [-0.25, -0.2) is 10.2 Å². The lowest BCUT2D eigenvalue weighted by atomic mass is 9.98. The molecule has 0 spiro atoms. The largest absolute Gasteiger partial charge is 0.460 e. The fourth-order valence-electron chi connectivity index (χ4n) is 3.20. The number of fused-ring (bicyclic) bond motifs is 3. The highest BCUT2D eigenvalue weighted by Gasteiger charge is 2.29. The molecular formula is C21H22N2O5. The Balaban J connectivity index is 1.58. The van der Waals surface area contributed by atoms with E-state index in [0.717, 1.165) is 22.3 Å². The van der Waals surface area contributed by atoms with Gasteiger partial charge in [0.25, 0.3) is 0 Å². The monoisotopic (exact) mass is 382 g/mol.